The Kier molecular flexibility index (Phi) is 4.24. The van der Waals surface area contributed by atoms with E-state index < -0.39 is 11.9 Å². The van der Waals surface area contributed by atoms with Gasteiger partial charge in [-0.05, 0) is 23.6 Å². The van der Waals surface area contributed by atoms with Crippen molar-refractivity contribution >= 4 is 22.7 Å². The van der Waals surface area contributed by atoms with Crippen LogP contribution in [0.2, 0.25) is 0 Å². The standard InChI is InChI=1S/C19H15NO4/c1-23-18(21)15-8-13-10-17(12-6-4-3-5-7-12)20-11-14(13)9-16(15)19(22)24-2/h3-11H,1-2H3. The summed E-state index contributed by atoms with van der Waals surface area (Å²) in [5.41, 5.74) is 2.08. The van der Waals surface area contributed by atoms with E-state index in [-0.39, 0.29) is 11.1 Å². The van der Waals surface area contributed by atoms with Crippen LogP contribution >= 0.6 is 0 Å². The summed E-state index contributed by atoms with van der Waals surface area (Å²) in [5.74, 6) is -1.18. The molecule has 0 bridgehead atoms. The molecule has 0 radical (unpaired) electrons. The van der Waals surface area contributed by atoms with Crippen LogP contribution in [-0.2, 0) is 9.47 Å². The van der Waals surface area contributed by atoms with Gasteiger partial charge in [0.25, 0.3) is 0 Å². The molecule has 0 saturated carbocycles. The number of esters is 2. The number of aromatic nitrogens is 1. The van der Waals surface area contributed by atoms with Crippen LogP contribution in [0.25, 0.3) is 22.0 Å². The molecule has 0 spiro atoms. The second kappa shape index (κ2) is 6.50. The molecule has 0 N–H and O–H groups in total. The minimum atomic E-state index is -0.593. The Balaban J connectivity index is 2.20. The van der Waals surface area contributed by atoms with Gasteiger partial charge in [-0.2, -0.15) is 0 Å². The summed E-state index contributed by atoms with van der Waals surface area (Å²) >= 11 is 0. The van der Waals surface area contributed by atoms with Crippen LogP contribution in [0.3, 0.4) is 0 Å². The van der Waals surface area contributed by atoms with Gasteiger partial charge in [0.1, 0.15) is 0 Å². The smallest absolute Gasteiger partial charge is 0.338 e. The molecule has 0 aliphatic carbocycles. The van der Waals surface area contributed by atoms with E-state index in [4.69, 9.17) is 9.47 Å². The molecule has 0 fully saturated rings. The van der Waals surface area contributed by atoms with Crippen LogP contribution in [0.4, 0.5) is 0 Å². The third kappa shape index (κ3) is 2.84. The van der Waals surface area contributed by atoms with Crippen LogP contribution in [0.5, 0.6) is 0 Å². The number of ether oxygens (including phenoxy) is 2. The largest absolute Gasteiger partial charge is 0.465 e. The molecule has 2 aromatic carbocycles. The first-order valence-corrected chi connectivity index (χ1v) is 7.30. The summed E-state index contributed by atoms with van der Waals surface area (Å²) in [7, 11) is 2.54. The van der Waals surface area contributed by atoms with Crippen molar-refractivity contribution < 1.29 is 19.1 Å². The lowest BCUT2D eigenvalue weighted by atomic mass is 10.0. The minimum Gasteiger partial charge on any atom is -0.465 e. The first-order valence-electron chi connectivity index (χ1n) is 7.30. The average Bonchev–Trinajstić information content (AvgIpc) is 2.65. The van der Waals surface area contributed by atoms with E-state index in [9.17, 15) is 9.59 Å². The number of methoxy groups -OCH3 is 2. The number of fused-ring (bicyclic) bond motifs is 1. The van der Waals surface area contributed by atoms with Gasteiger partial charge in [-0.15, -0.1) is 0 Å². The van der Waals surface area contributed by atoms with E-state index in [1.54, 1.807) is 18.3 Å². The minimum absolute atomic E-state index is 0.158. The molecule has 24 heavy (non-hydrogen) atoms. The van der Waals surface area contributed by atoms with E-state index in [0.29, 0.717) is 0 Å². The maximum Gasteiger partial charge on any atom is 0.338 e. The quantitative estimate of drug-likeness (QED) is 0.691. The molecule has 0 atom stereocenters. The second-order valence-corrected chi connectivity index (χ2v) is 5.16. The second-order valence-electron chi connectivity index (χ2n) is 5.16. The van der Waals surface area contributed by atoms with Crippen LogP contribution in [-0.4, -0.2) is 31.1 Å². The van der Waals surface area contributed by atoms with Crippen LogP contribution in [0.1, 0.15) is 20.7 Å². The van der Waals surface area contributed by atoms with Gasteiger partial charge < -0.3 is 9.47 Å². The molecule has 3 rings (SSSR count). The van der Waals surface area contributed by atoms with Crippen LogP contribution in [0.15, 0.2) is 54.7 Å². The lowest BCUT2D eigenvalue weighted by Crippen LogP contribution is -2.11. The topological polar surface area (TPSA) is 65.5 Å². The Hall–Kier alpha value is -3.21. The molecule has 0 saturated heterocycles. The Morgan fingerprint density at radius 1 is 0.833 bits per heavy atom. The van der Waals surface area contributed by atoms with Crippen molar-refractivity contribution in [3.63, 3.8) is 0 Å². The van der Waals surface area contributed by atoms with Crippen molar-refractivity contribution in [1.29, 1.82) is 0 Å². The predicted molar refractivity (Wildman–Crippen MR) is 89.9 cm³/mol. The number of carbonyl (C=O) groups is 2. The predicted octanol–water partition coefficient (Wildman–Crippen LogP) is 3.48. The lowest BCUT2D eigenvalue weighted by Gasteiger charge is -2.09. The van der Waals surface area contributed by atoms with Crippen molar-refractivity contribution in [2.45, 2.75) is 0 Å². The Bertz CT molecular complexity index is 919. The van der Waals surface area contributed by atoms with Gasteiger partial charge in [0.2, 0.25) is 0 Å². The molecule has 5 nitrogen and oxygen atoms in total. The number of rotatable bonds is 3. The molecule has 0 amide bonds. The maximum atomic E-state index is 12.0. The zero-order valence-electron chi connectivity index (χ0n) is 13.3. The van der Waals surface area contributed by atoms with Gasteiger partial charge in [0.05, 0.1) is 31.0 Å². The molecule has 1 heterocycles. The number of nitrogens with zero attached hydrogens (tertiary/aromatic N) is 1. The van der Waals surface area contributed by atoms with Crippen LogP contribution < -0.4 is 0 Å². The fraction of sp³-hybridized carbons (Fsp3) is 0.105. The Labute approximate surface area is 138 Å². The van der Waals surface area contributed by atoms with E-state index in [2.05, 4.69) is 4.98 Å². The fourth-order valence-electron chi connectivity index (χ4n) is 2.52. The number of benzene rings is 2. The summed E-state index contributed by atoms with van der Waals surface area (Å²) in [6.45, 7) is 0. The molecule has 1 aromatic heterocycles. The zero-order chi connectivity index (χ0) is 17.1. The SMILES string of the molecule is COC(=O)c1cc2cnc(-c3ccccc3)cc2cc1C(=O)OC. The van der Waals surface area contributed by atoms with E-state index in [0.717, 1.165) is 22.0 Å². The third-order valence-electron chi connectivity index (χ3n) is 3.74. The molecular formula is C19H15NO4. The van der Waals surface area contributed by atoms with Crippen molar-refractivity contribution in [2.24, 2.45) is 0 Å². The van der Waals surface area contributed by atoms with Gasteiger partial charge in [-0.3, -0.25) is 4.98 Å². The summed E-state index contributed by atoms with van der Waals surface area (Å²) in [4.78, 5) is 28.4. The Morgan fingerprint density at radius 2 is 1.42 bits per heavy atom. The number of pyridine rings is 1. The lowest BCUT2D eigenvalue weighted by molar-refractivity contribution is 0.0555. The summed E-state index contributed by atoms with van der Waals surface area (Å²) in [6.07, 6.45) is 1.67. The average molecular weight is 321 g/mol. The highest BCUT2D eigenvalue weighted by atomic mass is 16.5. The molecule has 0 unspecified atom stereocenters. The summed E-state index contributed by atoms with van der Waals surface area (Å²) < 4.78 is 9.52. The molecule has 0 aliphatic rings. The number of carbonyl (C=O) groups excluding carboxylic acids is 2. The summed E-state index contributed by atoms with van der Waals surface area (Å²) in [5, 5.41) is 1.53. The van der Waals surface area contributed by atoms with Gasteiger partial charge >= 0.3 is 11.9 Å². The first kappa shape index (κ1) is 15.7. The van der Waals surface area contributed by atoms with Gasteiger partial charge in [0.15, 0.2) is 0 Å². The molecule has 5 heteroatoms. The zero-order valence-corrected chi connectivity index (χ0v) is 13.3. The normalized spacial score (nSPS) is 10.4. The fourth-order valence-corrected chi connectivity index (χ4v) is 2.52. The summed E-state index contributed by atoms with van der Waals surface area (Å²) in [6, 6.07) is 14.8. The van der Waals surface area contributed by atoms with Gasteiger partial charge in [-0.1, -0.05) is 30.3 Å². The van der Waals surface area contributed by atoms with Crippen LogP contribution in [0, 0.1) is 0 Å². The van der Waals surface area contributed by atoms with Gasteiger partial charge in [0, 0.05) is 17.1 Å². The first-order chi connectivity index (χ1) is 11.6. The number of hydrogen-bond acceptors (Lipinski definition) is 5. The van der Waals surface area contributed by atoms with E-state index in [1.807, 2.05) is 36.4 Å². The molecule has 3 aromatic rings. The van der Waals surface area contributed by atoms with Crippen molar-refractivity contribution in [1.82, 2.24) is 4.98 Å². The molecule has 0 aliphatic heterocycles. The van der Waals surface area contributed by atoms with Crippen molar-refractivity contribution in [3.8, 4) is 11.3 Å². The maximum absolute atomic E-state index is 12.0. The number of hydrogen-bond donors (Lipinski definition) is 0. The monoisotopic (exact) mass is 321 g/mol. The molecular weight excluding hydrogens is 306 g/mol. The third-order valence-corrected chi connectivity index (χ3v) is 3.74. The van der Waals surface area contributed by atoms with E-state index >= 15 is 0 Å². The van der Waals surface area contributed by atoms with Gasteiger partial charge in [-0.25, -0.2) is 9.59 Å². The molecule has 120 valence electrons. The highest BCUT2D eigenvalue weighted by Gasteiger charge is 2.19. The Morgan fingerprint density at radius 3 is 2.00 bits per heavy atom. The van der Waals surface area contributed by atoms with E-state index in [1.165, 1.54) is 14.2 Å². The highest BCUT2D eigenvalue weighted by Crippen LogP contribution is 2.25. The van der Waals surface area contributed by atoms with Crippen molar-refractivity contribution in [3.05, 3.63) is 65.9 Å². The van der Waals surface area contributed by atoms with Crippen molar-refractivity contribution in [2.75, 3.05) is 14.2 Å². The highest BCUT2D eigenvalue weighted by molar-refractivity contribution is 6.07.